The number of amides is 2. The van der Waals surface area contributed by atoms with E-state index in [1.165, 1.54) is 0 Å². The quantitative estimate of drug-likeness (QED) is 0.278. The molecule has 0 aliphatic heterocycles. The average Bonchev–Trinajstić information content (AvgIpc) is 2.58. The summed E-state index contributed by atoms with van der Waals surface area (Å²) in [7, 11) is 0. The van der Waals surface area contributed by atoms with Crippen molar-refractivity contribution in [1.82, 2.24) is 0 Å². The van der Waals surface area contributed by atoms with Crippen LogP contribution in [0.4, 0.5) is 11.4 Å². The molecule has 0 saturated heterocycles. The fourth-order valence-corrected chi connectivity index (χ4v) is 7.21. The summed E-state index contributed by atoms with van der Waals surface area (Å²) in [6, 6.07) is 7.46. The second-order valence-corrected chi connectivity index (χ2v) is 11.0. The zero-order valence-electron chi connectivity index (χ0n) is 14.2. The van der Waals surface area contributed by atoms with Gasteiger partial charge in [0.05, 0.1) is 11.4 Å². The molecule has 0 fully saturated rings. The minimum Gasteiger partial charge on any atom is -0.324 e. The van der Waals surface area contributed by atoms with Crippen LogP contribution in [0.2, 0.25) is 0 Å². The lowest BCUT2D eigenvalue weighted by Crippen LogP contribution is -2.14. The predicted molar refractivity (Wildman–Crippen MR) is 135 cm³/mol. The van der Waals surface area contributed by atoms with Crippen molar-refractivity contribution in [3.05, 3.63) is 51.1 Å². The van der Waals surface area contributed by atoms with Crippen molar-refractivity contribution >= 4 is 119 Å². The van der Waals surface area contributed by atoms with E-state index >= 15 is 0 Å². The number of benzene rings is 2. The number of carbonyl (C=O) groups is 2. The van der Waals surface area contributed by atoms with Crippen LogP contribution in [0.3, 0.4) is 0 Å². The minimum atomic E-state index is -0.0949. The van der Waals surface area contributed by atoms with E-state index in [9.17, 15) is 9.59 Å². The summed E-state index contributed by atoms with van der Waals surface area (Å²) >= 11 is 20.5. The van der Waals surface area contributed by atoms with E-state index in [0.717, 1.165) is 26.8 Å². The normalized spacial score (nSPS) is 10.6. The molecule has 0 radical (unpaired) electrons. The Balaban J connectivity index is 1.78. The first kappa shape index (κ1) is 24.5. The number of hydrogen-bond donors (Lipinski definition) is 2. The maximum atomic E-state index is 12.2. The van der Waals surface area contributed by atoms with Crippen LogP contribution in [0.1, 0.15) is 25.7 Å². The van der Waals surface area contributed by atoms with Gasteiger partial charge in [0.2, 0.25) is 11.8 Å². The summed E-state index contributed by atoms with van der Waals surface area (Å²) in [6.07, 6.45) is 1.92. The summed E-state index contributed by atoms with van der Waals surface area (Å²) in [5.41, 5.74) is 1.38. The van der Waals surface area contributed by atoms with E-state index in [2.05, 4.69) is 106 Å². The van der Waals surface area contributed by atoms with Crippen molar-refractivity contribution in [2.75, 3.05) is 10.6 Å². The van der Waals surface area contributed by atoms with Crippen molar-refractivity contribution in [1.29, 1.82) is 0 Å². The zero-order valence-corrected chi connectivity index (χ0v) is 23.7. The van der Waals surface area contributed by atoms with E-state index < -0.39 is 0 Å². The second kappa shape index (κ2) is 11.6. The van der Waals surface area contributed by atoms with Crippen LogP contribution < -0.4 is 10.6 Å². The monoisotopic (exact) mass is 764 g/mol. The summed E-state index contributed by atoms with van der Waals surface area (Å²) in [5.74, 6) is -0.190. The zero-order chi connectivity index (χ0) is 20.8. The van der Waals surface area contributed by atoms with Crippen molar-refractivity contribution in [3.63, 3.8) is 0 Å². The molecule has 0 aliphatic rings. The van der Waals surface area contributed by atoms with Crippen LogP contribution in [0.25, 0.3) is 0 Å². The second-order valence-electron chi connectivity index (χ2n) is 5.79. The van der Waals surface area contributed by atoms with Crippen LogP contribution in [-0.4, -0.2) is 11.8 Å². The molecule has 150 valence electrons. The van der Waals surface area contributed by atoms with Crippen LogP contribution in [0.15, 0.2) is 51.1 Å². The fraction of sp³-hybridized carbons (Fsp3) is 0.222. The molecule has 0 atom stereocenters. The smallest absolute Gasteiger partial charge is 0.224 e. The molecule has 0 saturated carbocycles. The highest BCUT2D eigenvalue weighted by Gasteiger charge is 2.12. The van der Waals surface area contributed by atoms with Gasteiger partial charge in [0, 0.05) is 39.7 Å². The van der Waals surface area contributed by atoms with Crippen molar-refractivity contribution in [3.8, 4) is 0 Å². The van der Waals surface area contributed by atoms with E-state index in [4.69, 9.17) is 0 Å². The third kappa shape index (κ3) is 7.50. The number of unbranched alkanes of at least 4 members (excludes halogenated alkanes) is 1. The lowest BCUT2D eigenvalue weighted by Gasteiger charge is -2.11. The Hall–Kier alpha value is 0.260. The molecule has 0 bridgehead atoms. The van der Waals surface area contributed by atoms with Crippen LogP contribution in [-0.2, 0) is 9.59 Å². The highest BCUT2D eigenvalue weighted by molar-refractivity contribution is 9.12. The number of hydrogen-bond acceptors (Lipinski definition) is 2. The summed E-state index contributed by atoms with van der Waals surface area (Å²) in [6.45, 7) is 0. The molecule has 0 heterocycles. The molecule has 0 aliphatic carbocycles. The molecule has 2 aromatic carbocycles. The Bertz CT molecular complexity index is 784. The molecular formula is C18H14Br6N2O2. The van der Waals surface area contributed by atoms with E-state index in [-0.39, 0.29) is 11.8 Å². The van der Waals surface area contributed by atoms with Gasteiger partial charge in [-0.2, -0.15) is 0 Å². The van der Waals surface area contributed by atoms with Gasteiger partial charge >= 0.3 is 0 Å². The summed E-state index contributed by atoms with van der Waals surface area (Å²) < 4.78 is 4.94. The third-order valence-corrected chi connectivity index (χ3v) is 7.02. The van der Waals surface area contributed by atoms with Crippen LogP contribution in [0, 0.1) is 0 Å². The van der Waals surface area contributed by atoms with Gasteiger partial charge < -0.3 is 10.6 Å². The molecule has 2 aromatic rings. The van der Waals surface area contributed by atoms with Crippen LogP contribution >= 0.6 is 95.6 Å². The lowest BCUT2D eigenvalue weighted by atomic mass is 10.1. The van der Waals surface area contributed by atoms with E-state index in [1.807, 2.05) is 24.3 Å². The first-order valence-corrected chi connectivity index (χ1v) is 12.8. The molecule has 28 heavy (non-hydrogen) atoms. The van der Waals surface area contributed by atoms with Gasteiger partial charge in [-0.1, -0.05) is 31.9 Å². The molecule has 0 unspecified atom stereocenters. The summed E-state index contributed by atoms with van der Waals surface area (Å²) in [5, 5.41) is 5.77. The molecule has 0 spiro atoms. The molecule has 0 aromatic heterocycles. The molecule has 10 heteroatoms. The highest BCUT2D eigenvalue weighted by atomic mass is 79.9. The molecule has 2 amide bonds. The van der Waals surface area contributed by atoms with Gasteiger partial charge in [-0.25, -0.2) is 0 Å². The molecule has 4 nitrogen and oxygen atoms in total. The Kier molecular flexibility index (Phi) is 10.2. The van der Waals surface area contributed by atoms with E-state index in [0.29, 0.717) is 37.1 Å². The van der Waals surface area contributed by atoms with Gasteiger partial charge in [0.25, 0.3) is 0 Å². The number of carbonyl (C=O) groups excluding carboxylic acids is 2. The van der Waals surface area contributed by atoms with E-state index in [1.54, 1.807) is 0 Å². The van der Waals surface area contributed by atoms with Gasteiger partial charge in [-0.15, -0.1) is 0 Å². The largest absolute Gasteiger partial charge is 0.324 e. The molecule has 2 N–H and O–H groups in total. The van der Waals surface area contributed by atoms with Crippen molar-refractivity contribution < 1.29 is 9.59 Å². The number of nitrogens with one attached hydrogen (secondary N) is 2. The molecular weight excluding hydrogens is 756 g/mol. The van der Waals surface area contributed by atoms with Gasteiger partial charge in [0.1, 0.15) is 0 Å². The maximum Gasteiger partial charge on any atom is 0.224 e. The topological polar surface area (TPSA) is 58.2 Å². The SMILES string of the molecule is O=C(CCCCC(=O)Nc1c(Br)cc(Br)cc1Br)Nc1c(Br)cc(Br)cc1Br. The standard InChI is InChI=1S/C18H14Br6N2O2/c19-9-5-11(21)17(12(22)6-9)25-15(27)3-1-2-4-16(28)26-18-13(23)7-10(20)8-14(18)24/h5-8H,1-4H2,(H,25,27)(H,26,28). The van der Waals surface area contributed by atoms with Gasteiger partial charge in [-0.05, 0) is 101 Å². The fourth-order valence-electron chi connectivity index (χ4n) is 2.30. The first-order chi connectivity index (χ1) is 13.2. The number of rotatable bonds is 7. The van der Waals surface area contributed by atoms with Crippen LogP contribution in [0.5, 0.6) is 0 Å². The minimum absolute atomic E-state index is 0.0949. The number of anilines is 2. The number of halogens is 6. The van der Waals surface area contributed by atoms with Crippen molar-refractivity contribution in [2.24, 2.45) is 0 Å². The van der Waals surface area contributed by atoms with Gasteiger partial charge in [0.15, 0.2) is 0 Å². The third-order valence-electron chi connectivity index (χ3n) is 3.60. The Morgan fingerprint density at radius 1 is 0.607 bits per heavy atom. The van der Waals surface area contributed by atoms with Crippen molar-refractivity contribution in [2.45, 2.75) is 25.7 Å². The lowest BCUT2D eigenvalue weighted by molar-refractivity contribution is -0.118. The summed E-state index contributed by atoms with van der Waals surface area (Å²) in [4.78, 5) is 24.4. The maximum absolute atomic E-state index is 12.2. The first-order valence-electron chi connectivity index (χ1n) is 8.06. The predicted octanol–water partition coefficient (Wildman–Crippen LogP) is 8.40. The Morgan fingerprint density at radius 2 is 0.893 bits per heavy atom. The van der Waals surface area contributed by atoms with Gasteiger partial charge in [-0.3, -0.25) is 9.59 Å². The molecule has 2 rings (SSSR count). The highest BCUT2D eigenvalue weighted by Crippen LogP contribution is 2.35. The Morgan fingerprint density at radius 3 is 1.18 bits per heavy atom. The average molecular weight is 770 g/mol. The Labute approximate surface area is 213 Å².